The summed E-state index contributed by atoms with van der Waals surface area (Å²) in [6, 6.07) is 10.2. The summed E-state index contributed by atoms with van der Waals surface area (Å²) in [5.41, 5.74) is 5.17. The van der Waals surface area contributed by atoms with Gasteiger partial charge in [-0.25, -0.2) is 9.97 Å². The summed E-state index contributed by atoms with van der Waals surface area (Å²) >= 11 is 38.5. The molecular weight excluding hydrogens is 963 g/mol. The van der Waals surface area contributed by atoms with E-state index in [-0.39, 0.29) is 47.3 Å². The predicted molar refractivity (Wildman–Crippen MR) is 247 cm³/mol. The highest BCUT2D eigenvalue weighted by molar-refractivity contribution is 6.37. The van der Waals surface area contributed by atoms with Crippen molar-refractivity contribution in [3.05, 3.63) is 102 Å². The van der Waals surface area contributed by atoms with Crippen LogP contribution in [0.2, 0.25) is 30.1 Å². The molecule has 1 amide bonds. The average molecular weight is 999 g/mol. The fourth-order valence-electron chi connectivity index (χ4n) is 7.50. The number of piperidine rings is 1. The molecule has 10 rings (SSSR count). The minimum Gasteiger partial charge on any atom is -0.489 e. The number of likely N-dealkylation sites (N-methyl/N-ethyl adjacent to an activating group) is 1. The Kier molecular flexibility index (Phi) is 12.7. The number of ketones is 1. The molecule has 1 atom stereocenters. The van der Waals surface area contributed by atoms with Gasteiger partial charge in [0.25, 0.3) is 11.8 Å². The first kappa shape index (κ1) is 44.8. The predicted octanol–water partition coefficient (Wildman–Crippen LogP) is 11.5. The fourth-order valence-corrected chi connectivity index (χ4v) is 9.02. The highest BCUT2D eigenvalue weighted by Crippen LogP contribution is 2.39. The van der Waals surface area contributed by atoms with Gasteiger partial charge in [0.05, 0.1) is 42.8 Å². The Morgan fingerprint density at radius 1 is 0.569 bits per heavy atom. The number of pyridine rings is 2. The van der Waals surface area contributed by atoms with E-state index in [1.165, 1.54) is 0 Å². The SMILES string of the molecule is Cc1cc(Cl)c2nc(-c3nc(-c4cc(Cl)c(OC5CCC(=O)CC5)cc4Cl)no3)cn2c1.Cc1cc(Cl)c2nc(-c3nc(-c4cc(Cl)c(O[C@@H]5CCC(=O)N(C)C5)cc4Cl)no3)cn2c1. The summed E-state index contributed by atoms with van der Waals surface area (Å²) in [7, 11) is 1.75. The first-order valence-corrected chi connectivity index (χ1v) is 22.5. The first-order valence-electron chi connectivity index (χ1n) is 20.2. The summed E-state index contributed by atoms with van der Waals surface area (Å²) in [4.78, 5) is 42.6. The van der Waals surface area contributed by atoms with Crippen molar-refractivity contribution in [3.63, 3.8) is 0 Å². The molecule has 0 bridgehead atoms. The lowest BCUT2D eigenvalue weighted by molar-refractivity contribution is -0.134. The number of rotatable bonds is 8. The van der Waals surface area contributed by atoms with Crippen LogP contribution in [0.5, 0.6) is 11.5 Å². The number of likely N-dealkylation sites (tertiary alicyclic amines) is 1. The topological polar surface area (TPSA) is 168 Å². The van der Waals surface area contributed by atoms with Crippen molar-refractivity contribution in [1.29, 1.82) is 0 Å². The van der Waals surface area contributed by atoms with Crippen molar-refractivity contribution in [2.75, 3.05) is 13.6 Å². The summed E-state index contributed by atoms with van der Waals surface area (Å²) in [5, 5.41) is 10.6. The second-order valence-corrected chi connectivity index (χ2v) is 18.2. The van der Waals surface area contributed by atoms with Gasteiger partial charge < -0.3 is 32.2 Å². The lowest BCUT2D eigenvalue weighted by Gasteiger charge is -2.30. The quantitative estimate of drug-likeness (QED) is 0.141. The minimum absolute atomic E-state index is 0.0607. The molecule has 6 aromatic heterocycles. The van der Waals surface area contributed by atoms with Crippen molar-refractivity contribution < 1.29 is 28.1 Å². The Balaban J connectivity index is 0.000000164. The molecule has 7 heterocycles. The number of fused-ring (bicyclic) bond motifs is 2. The van der Waals surface area contributed by atoms with E-state index >= 15 is 0 Å². The Morgan fingerprint density at radius 2 is 1.03 bits per heavy atom. The van der Waals surface area contributed by atoms with Crippen LogP contribution in [0.3, 0.4) is 0 Å². The van der Waals surface area contributed by atoms with Gasteiger partial charge >= 0.3 is 0 Å². The van der Waals surface area contributed by atoms with Crippen LogP contribution in [0.25, 0.3) is 57.2 Å². The number of carbonyl (C=O) groups excluding carboxylic acids is 2. The second kappa shape index (κ2) is 18.5. The molecule has 8 aromatic rings. The van der Waals surface area contributed by atoms with Gasteiger partial charge in [0, 0.05) is 74.4 Å². The fraction of sp³-hybridized carbons (Fsp3) is 0.273. The van der Waals surface area contributed by atoms with Gasteiger partial charge in [-0.3, -0.25) is 9.59 Å². The number of aromatic nitrogens is 8. The standard InChI is InChI=1S/C22H18Cl3N5O3.C22H17Cl3N4O3/c1-11-5-16(25)21-26-17(10-30(21)8-11)22-27-20(28-33-22)13-6-15(24)18(7-14(13)23)32-12-3-4-19(31)29(2)9-12;1-11-6-17(25)21-26-18(10-29(21)9-11)22-27-20(28-32-22)14-7-16(24)19(8-15(14)23)31-13-4-2-12(30)3-5-13/h5-8,10,12H,3-4,9H2,1-2H3;6-10,13H,2-5H2,1H3/t12-;/m1./s1. The molecular formula is C44H35Cl6N9O6. The monoisotopic (exact) mass is 995 g/mol. The van der Waals surface area contributed by atoms with Gasteiger partial charge in [-0.1, -0.05) is 79.9 Å². The van der Waals surface area contributed by atoms with Crippen LogP contribution in [-0.2, 0) is 9.59 Å². The van der Waals surface area contributed by atoms with Gasteiger partial charge in [0.15, 0.2) is 11.3 Å². The molecule has 334 valence electrons. The number of nitrogens with zero attached hydrogens (tertiary/aromatic N) is 9. The van der Waals surface area contributed by atoms with Crippen LogP contribution >= 0.6 is 69.6 Å². The molecule has 65 heavy (non-hydrogen) atoms. The highest BCUT2D eigenvalue weighted by atomic mass is 35.5. The van der Waals surface area contributed by atoms with Crippen molar-refractivity contribution >= 4 is 92.6 Å². The van der Waals surface area contributed by atoms with Gasteiger partial charge in [0.1, 0.15) is 34.8 Å². The third-order valence-corrected chi connectivity index (χ3v) is 12.5. The molecule has 21 heteroatoms. The zero-order valence-electron chi connectivity index (χ0n) is 34.6. The minimum atomic E-state index is -0.158. The number of halogens is 6. The summed E-state index contributed by atoms with van der Waals surface area (Å²) < 4.78 is 26.4. The number of Topliss-reactive ketones (excluding diaryl/α,β-unsaturated/α-hetero) is 1. The van der Waals surface area contributed by atoms with Crippen molar-refractivity contribution in [3.8, 4) is 57.4 Å². The molecule has 1 aliphatic carbocycles. The van der Waals surface area contributed by atoms with Gasteiger partial charge in [-0.15, -0.1) is 0 Å². The number of imidazole rings is 2. The third kappa shape index (κ3) is 9.63. The molecule has 1 saturated carbocycles. The smallest absolute Gasteiger partial charge is 0.278 e. The molecule has 2 aromatic carbocycles. The zero-order chi connectivity index (χ0) is 45.7. The third-order valence-electron chi connectivity index (χ3n) is 10.8. The molecule has 0 radical (unpaired) electrons. The van der Waals surface area contributed by atoms with Crippen molar-refractivity contribution in [2.24, 2.45) is 0 Å². The largest absolute Gasteiger partial charge is 0.489 e. The van der Waals surface area contributed by atoms with Crippen molar-refractivity contribution in [1.82, 2.24) is 44.0 Å². The first-order chi connectivity index (χ1) is 31.1. The number of amides is 1. The molecule has 1 aliphatic heterocycles. The van der Waals surface area contributed by atoms with E-state index in [1.54, 1.807) is 48.6 Å². The van der Waals surface area contributed by atoms with E-state index in [2.05, 4.69) is 30.2 Å². The van der Waals surface area contributed by atoms with E-state index in [1.807, 2.05) is 47.2 Å². The van der Waals surface area contributed by atoms with Gasteiger partial charge in [0.2, 0.25) is 17.6 Å². The number of benzene rings is 2. The van der Waals surface area contributed by atoms with Crippen LogP contribution in [0.4, 0.5) is 0 Å². The molecule has 0 spiro atoms. The van der Waals surface area contributed by atoms with Gasteiger partial charge in [-0.05, 0) is 68.5 Å². The molecule has 2 aliphatic rings. The Labute approximate surface area is 400 Å². The van der Waals surface area contributed by atoms with E-state index in [0.717, 1.165) is 11.1 Å². The zero-order valence-corrected chi connectivity index (χ0v) is 39.2. The molecule has 0 unspecified atom stereocenters. The van der Waals surface area contributed by atoms with Crippen LogP contribution < -0.4 is 9.47 Å². The molecule has 0 N–H and O–H groups in total. The second-order valence-electron chi connectivity index (χ2n) is 15.7. The Hall–Kier alpha value is -5.42. The summed E-state index contributed by atoms with van der Waals surface area (Å²) in [5.74, 6) is 2.28. The number of ether oxygens (including phenoxy) is 2. The molecule has 1 saturated heterocycles. The van der Waals surface area contributed by atoms with E-state index in [0.29, 0.717) is 121 Å². The van der Waals surface area contributed by atoms with Gasteiger partial charge in [-0.2, -0.15) is 9.97 Å². The maximum Gasteiger partial charge on any atom is 0.278 e. The molecule has 15 nitrogen and oxygen atoms in total. The van der Waals surface area contributed by atoms with Crippen molar-refractivity contribution in [2.45, 2.75) is 64.6 Å². The van der Waals surface area contributed by atoms with Crippen LogP contribution in [0, 0.1) is 13.8 Å². The van der Waals surface area contributed by atoms with E-state index < -0.39 is 0 Å². The highest BCUT2D eigenvalue weighted by Gasteiger charge is 2.27. The van der Waals surface area contributed by atoms with Crippen LogP contribution in [0.15, 0.2) is 70.2 Å². The average Bonchev–Trinajstić information content (AvgIpc) is 4.09. The Bertz CT molecular complexity index is 3140. The lowest BCUT2D eigenvalue weighted by Crippen LogP contribution is -2.42. The van der Waals surface area contributed by atoms with Crippen LogP contribution in [-0.4, -0.2) is 81.4 Å². The summed E-state index contributed by atoms with van der Waals surface area (Å²) in [6.07, 6.45) is 10.6. The molecule has 2 fully saturated rings. The van der Waals surface area contributed by atoms with E-state index in [9.17, 15) is 9.59 Å². The number of hydrogen-bond acceptors (Lipinski definition) is 12. The number of aryl methyl sites for hydroxylation is 2. The normalized spacial score (nSPS) is 15.8. The Morgan fingerprint density at radius 3 is 1.51 bits per heavy atom. The maximum absolute atomic E-state index is 11.7. The maximum atomic E-state index is 11.7. The summed E-state index contributed by atoms with van der Waals surface area (Å²) in [6.45, 7) is 4.38. The number of hydrogen-bond donors (Lipinski definition) is 0. The van der Waals surface area contributed by atoms with E-state index in [4.69, 9.17) is 88.1 Å². The van der Waals surface area contributed by atoms with Crippen LogP contribution in [0.1, 0.15) is 49.7 Å². The lowest BCUT2D eigenvalue weighted by atomic mass is 9.96. The number of carbonyl (C=O) groups is 2.